The van der Waals surface area contributed by atoms with Crippen molar-refractivity contribution in [2.45, 2.75) is 37.3 Å². The summed E-state index contributed by atoms with van der Waals surface area (Å²) in [7, 11) is 1.94. The van der Waals surface area contributed by atoms with Gasteiger partial charge in [0.05, 0.1) is 12.0 Å². The lowest BCUT2D eigenvalue weighted by Crippen LogP contribution is -2.51. The highest BCUT2D eigenvalue weighted by atomic mass is 16.5. The highest BCUT2D eigenvalue weighted by Crippen LogP contribution is 2.44. The number of fused-ring (bicyclic) bond motifs is 3. The van der Waals surface area contributed by atoms with Crippen LogP contribution in [0.25, 0.3) is 11.1 Å². The fraction of sp³-hybridized carbons (Fsp3) is 0.391. The lowest BCUT2D eigenvalue weighted by Gasteiger charge is -2.28. The molecule has 152 valence electrons. The molecule has 6 heteroatoms. The molecule has 29 heavy (non-hydrogen) atoms. The van der Waals surface area contributed by atoms with Crippen molar-refractivity contribution in [1.82, 2.24) is 10.2 Å². The van der Waals surface area contributed by atoms with E-state index in [-0.39, 0.29) is 25.0 Å². The minimum absolute atomic E-state index is 0.0197. The first-order chi connectivity index (χ1) is 13.9. The Bertz CT molecular complexity index is 886. The molecule has 2 aromatic rings. The number of nitrogens with one attached hydrogen (secondary N) is 1. The smallest absolute Gasteiger partial charge is 0.407 e. The van der Waals surface area contributed by atoms with Gasteiger partial charge in [-0.25, -0.2) is 4.79 Å². The van der Waals surface area contributed by atoms with Crippen LogP contribution in [0.5, 0.6) is 0 Å². The van der Waals surface area contributed by atoms with E-state index < -0.39 is 17.6 Å². The summed E-state index contributed by atoms with van der Waals surface area (Å²) in [6, 6.07) is 16.5. The van der Waals surface area contributed by atoms with Crippen molar-refractivity contribution >= 4 is 12.1 Å². The van der Waals surface area contributed by atoms with Crippen LogP contribution in [0.4, 0.5) is 4.79 Å². The molecule has 1 heterocycles. The minimum Gasteiger partial charge on any atom is -0.481 e. The number of hydrogen-bond acceptors (Lipinski definition) is 4. The number of aliphatic carboxylic acids is 1. The Hall–Kier alpha value is -2.86. The predicted octanol–water partition coefficient (Wildman–Crippen LogP) is 3.46. The molecule has 1 aliphatic heterocycles. The molecule has 2 aliphatic rings. The standard InChI is InChI=1S/C23H26N2O4/c1-15-11-23(12-21(26)27,14-25(15)2)24-22(28)29-13-20-18-9-5-3-7-16(18)17-8-4-6-10-19(17)20/h3-10,15,20H,11-14H2,1-2H3,(H,24,28)(H,26,27). The summed E-state index contributed by atoms with van der Waals surface area (Å²) in [6.07, 6.45) is -0.0955. The van der Waals surface area contributed by atoms with Gasteiger partial charge in [-0.3, -0.25) is 4.79 Å². The Balaban J connectivity index is 1.48. The van der Waals surface area contributed by atoms with Gasteiger partial charge in [-0.15, -0.1) is 0 Å². The Labute approximate surface area is 170 Å². The van der Waals surface area contributed by atoms with Gasteiger partial charge in [0.25, 0.3) is 0 Å². The fourth-order valence-corrected chi connectivity index (χ4v) is 4.82. The number of benzene rings is 2. The van der Waals surface area contributed by atoms with Gasteiger partial charge in [0, 0.05) is 18.5 Å². The van der Waals surface area contributed by atoms with Crippen LogP contribution in [0.15, 0.2) is 48.5 Å². The van der Waals surface area contributed by atoms with Crippen molar-refractivity contribution in [3.8, 4) is 11.1 Å². The first kappa shape index (κ1) is 19.5. The molecular formula is C23H26N2O4. The first-order valence-corrected chi connectivity index (χ1v) is 9.94. The monoisotopic (exact) mass is 394 g/mol. The van der Waals surface area contributed by atoms with Gasteiger partial charge in [0.1, 0.15) is 6.61 Å². The molecule has 0 bridgehead atoms. The zero-order chi connectivity index (χ0) is 20.6. The number of ether oxygens (including phenoxy) is 1. The van der Waals surface area contributed by atoms with E-state index in [2.05, 4.69) is 34.5 Å². The third kappa shape index (κ3) is 3.72. The van der Waals surface area contributed by atoms with Gasteiger partial charge in [0.15, 0.2) is 0 Å². The van der Waals surface area contributed by atoms with E-state index in [0.29, 0.717) is 13.0 Å². The molecule has 1 saturated heterocycles. The van der Waals surface area contributed by atoms with Crippen molar-refractivity contribution in [2.24, 2.45) is 0 Å². The van der Waals surface area contributed by atoms with Crippen LogP contribution < -0.4 is 5.32 Å². The van der Waals surface area contributed by atoms with Crippen molar-refractivity contribution in [3.63, 3.8) is 0 Å². The van der Waals surface area contributed by atoms with Crippen LogP contribution >= 0.6 is 0 Å². The Morgan fingerprint density at radius 1 is 1.14 bits per heavy atom. The average molecular weight is 394 g/mol. The number of likely N-dealkylation sites (tertiary alicyclic amines) is 1. The molecular weight excluding hydrogens is 368 g/mol. The Kier molecular flexibility index (Phi) is 5.04. The summed E-state index contributed by atoms with van der Waals surface area (Å²) in [4.78, 5) is 26.1. The molecule has 0 saturated carbocycles. The maximum Gasteiger partial charge on any atom is 0.407 e. The molecule has 4 rings (SSSR count). The molecule has 1 fully saturated rings. The number of hydrogen-bond donors (Lipinski definition) is 2. The number of carbonyl (C=O) groups excluding carboxylic acids is 1. The topological polar surface area (TPSA) is 78.9 Å². The third-order valence-corrected chi connectivity index (χ3v) is 6.19. The van der Waals surface area contributed by atoms with Gasteiger partial charge >= 0.3 is 12.1 Å². The van der Waals surface area contributed by atoms with Gasteiger partial charge in [0.2, 0.25) is 0 Å². The van der Waals surface area contributed by atoms with E-state index in [4.69, 9.17) is 4.74 Å². The maximum atomic E-state index is 12.6. The van der Waals surface area contributed by atoms with Crippen LogP contribution in [0.2, 0.25) is 0 Å². The molecule has 1 aliphatic carbocycles. The van der Waals surface area contributed by atoms with E-state index in [9.17, 15) is 14.7 Å². The molecule has 1 amide bonds. The van der Waals surface area contributed by atoms with E-state index in [1.807, 2.05) is 38.2 Å². The van der Waals surface area contributed by atoms with Crippen LogP contribution in [-0.2, 0) is 9.53 Å². The molecule has 2 N–H and O–H groups in total. The average Bonchev–Trinajstić information content (AvgIpc) is 3.13. The van der Waals surface area contributed by atoms with Gasteiger partial charge < -0.3 is 20.1 Å². The summed E-state index contributed by atoms with van der Waals surface area (Å²) in [5, 5.41) is 12.2. The normalized spacial score (nSPS) is 23.4. The second-order valence-corrected chi connectivity index (χ2v) is 8.27. The van der Waals surface area contributed by atoms with Crippen LogP contribution in [-0.4, -0.2) is 53.8 Å². The highest BCUT2D eigenvalue weighted by Gasteiger charge is 2.44. The van der Waals surface area contributed by atoms with Gasteiger partial charge in [-0.2, -0.15) is 0 Å². The molecule has 6 nitrogen and oxygen atoms in total. The van der Waals surface area contributed by atoms with E-state index in [1.54, 1.807) is 0 Å². The second-order valence-electron chi connectivity index (χ2n) is 8.27. The summed E-state index contributed by atoms with van der Waals surface area (Å²) in [6.45, 7) is 2.74. The van der Waals surface area contributed by atoms with Crippen molar-refractivity contribution in [3.05, 3.63) is 59.7 Å². The minimum atomic E-state index is -0.925. The van der Waals surface area contributed by atoms with E-state index in [1.165, 1.54) is 11.1 Å². The van der Waals surface area contributed by atoms with E-state index >= 15 is 0 Å². The number of amides is 1. The molecule has 2 atom stereocenters. The number of alkyl carbamates (subject to hydrolysis) is 1. The molecule has 0 radical (unpaired) electrons. The third-order valence-electron chi connectivity index (χ3n) is 6.19. The van der Waals surface area contributed by atoms with Crippen LogP contribution in [0.3, 0.4) is 0 Å². The van der Waals surface area contributed by atoms with Gasteiger partial charge in [-0.05, 0) is 42.6 Å². The number of rotatable bonds is 5. The lowest BCUT2D eigenvalue weighted by atomic mass is 9.92. The largest absolute Gasteiger partial charge is 0.481 e. The Morgan fingerprint density at radius 3 is 2.24 bits per heavy atom. The number of nitrogens with zero attached hydrogens (tertiary/aromatic N) is 1. The number of likely N-dealkylation sites (N-methyl/N-ethyl adjacent to an activating group) is 1. The first-order valence-electron chi connectivity index (χ1n) is 9.94. The van der Waals surface area contributed by atoms with Crippen molar-refractivity contribution < 1.29 is 19.4 Å². The SMILES string of the molecule is CC1CC(CC(=O)O)(NC(=O)OCC2c3ccccc3-c3ccccc32)CN1C. The van der Waals surface area contributed by atoms with Crippen molar-refractivity contribution in [2.75, 3.05) is 20.2 Å². The molecule has 0 aromatic heterocycles. The maximum absolute atomic E-state index is 12.6. The van der Waals surface area contributed by atoms with Crippen LogP contribution in [0.1, 0.15) is 36.8 Å². The molecule has 2 aromatic carbocycles. The summed E-state index contributed by atoms with van der Waals surface area (Å²) >= 11 is 0. The van der Waals surface area contributed by atoms with E-state index in [0.717, 1.165) is 11.1 Å². The predicted molar refractivity (Wildman–Crippen MR) is 110 cm³/mol. The number of carboxylic acid groups (broad SMARTS) is 1. The van der Waals surface area contributed by atoms with Gasteiger partial charge in [-0.1, -0.05) is 48.5 Å². The zero-order valence-corrected chi connectivity index (χ0v) is 16.7. The lowest BCUT2D eigenvalue weighted by molar-refractivity contribution is -0.138. The summed E-state index contributed by atoms with van der Waals surface area (Å²) in [5.74, 6) is -0.944. The highest BCUT2D eigenvalue weighted by molar-refractivity contribution is 5.79. The molecule has 0 spiro atoms. The second kappa shape index (κ2) is 7.52. The zero-order valence-electron chi connectivity index (χ0n) is 16.7. The summed E-state index contributed by atoms with van der Waals surface area (Å²) < 4.78 is 5.62. The Morgan fingerprint density at radius 2 is 1.72 bits per heavy atom. The summed E-state index contributed by atoms with van der Waals surface area (Å²) in [5.41, 5.74) is 3.84. The van der Waals surface area contributed by atoms with Crippen LogP contribution in [0, 0.1) is 0 Å². The molecule has 2 unspecified atom stereocenters. The quantitative estimate of drug-likeness (QED) is 0.812. The fourth-order valence-electron chi connectivity index (χ4n) is 4.82. The number of carbonyl (C=O) groups is 2. The van der Waals surface area contributed by atoms with Crippen molar-refractivity contribution in [1.29, 1.82) is 0 Å². The number of carboxylic acids is 1.